The molecule has 0 aliphatic heterocycles. The van der Waals surface area contributed by atoms with Crippen molar-refractivity contribution in [3.63, 3.8) is 0 Å². The smallest absolute Gasteiger partial charge is 0.419 e. The number of likely N-dealkylation sites (N-methyl/N-ethyl adjacent to an activating group) is 1. The second kappa shape index (κ2) is 8.22. The molecule has 0 aliphatic rings. The number of para-hydroxylation sites is 2. The minimum absolute atomic E-state index is 0.104. The Morgan fingerprint density at radius 3 is 2.74 bits per heavy atom. The topological polar surface area (TPSA) is 103 Å². The molecule has 8 heteroatoms. The fraction of sp³-hybridized carbons (Fsp3) is 0.211. The molecule has 3 rings (SSSR count). The largest absolute Gasteiger partial charge is 0.484 e. The Kier molecular flexibility index (Phi) is 5.55. The van der Waals surface area contributed by atoms with Crippen LogP contribution in [0.15, 0.2) is 57.7 Å². The summed E-state index contributed by atoms with van der Waals surface area (Å²) in [6.45, 7) is 0.0962. The SMILES string of the molecule is CNC(=O)COc1cccc(NC(=O)CCn2c(=O)oc3ccccc32)c1. The number of fused-ring (bicyclic) bond motifs is 1. The van der Waals surface area contributed by atoms with Crippen LogP contribution in [0.2, 0.25) is 0 Å². The zero-order valence-corrected chi connectivity index (χ0v) is 14.7. The summed E-state index contributed by atoms with van der Waals surface area (Å²) >= 11 is 0. The van der Waals surface area contributed by atoms with E-state index in [0.29, 0.717) is 22.5 Å². The van der Waals surface area contributed by atoms with Crippen LogP contribution in [0.5, 0.6) is 5.75 Å². The fourth-order valence-corrected chi connectivity index (χ4v) is 2.55. The van der Waals surface area contributed by atoms with Crippen LogP contribution in [0.3, 0.4) is 0 Å². The van der Waals surface area contributed by atoms with E-state index in [-0.39, 0.29) is 31.4 Å². The molecule has 0 aliphatic carbocycles. The van der Waals surface area contributed by atoms with Gasteiger partial charge in [-0.05, 0) is 24.3 Å². The molecule has 0 unspecified atom stereocenters. The summed E-state index contributed by atoms with van der Waals surface area (Å²) in [6.07, 6.45) is 0.104. The molecule has 2 amide bonds. The Morgan fingerprint density at radius 1 is 1.11 bits per heavy atom. The summed E-state index contributed by atoms with van der Waals surface area (Å²) in [6, 6.07) is 13.8. The molecule has 0 atom stereocenters. The van der Waals surface area contributed by atoms with E-state index in [2.05, 4.69) is 10.6 Å². The van der Waals surface area contributed by atoms with Crippen molar-refractivity contribution in [3.8, 4) is 5.75 Å². The Balaban J connectivity index is 1.60. The first-order valence-electron chi connectivity index (χ1n) is 8.38. The van der Waals surface area contributed by atoms with Crippen LogP contribution in [0.1, 0.15) is 6.42 Å². The van der Waals surface area contributed by atoms with Crippen molar-refractivity contribution in [2.75, 3.05) is 19.0 Å². The maximum absolute atomic E-state index is 12.2. The van der Waals surface area contributed by atoms with Crippen molar-refractivity contribution in [2.24, 2.45) is 0 Å². The van der Waals surface area contributed by atoms with Crippen LogP contribution in [0.4, 0.5) is 5.69 Å². The standard InChI is InChI=1S/C19H19N3O5/c1-20-18(24)12-26-14-6-4-5-13(11-14)21-17(23)9-10-22-15-7-2-3-8-16(15)27-19(22)25/h2-8,11H,9-10,12H2,1H3,(H,20,24)(H,21,23). The Bertz CT molecular complexity index is 1020. The second-order valence-electron chi connectivity index (χ2n) is 5.78. The van der Waals surface area contributed by atoms with Gasteiger partial charge < -0.3 is 19.8 Å². The molecule has 8 nitrogen and oxygen atoms in total. The van der Waals surface area contributed by atoms with Gasteiger partial charge in [0, 0.05) is 31.8 Å². The molecule has 3 aromatic rings. The number of rotatable bonds is 7. The average Bonchev–Trinajstić information content (AvgIpc) is 2.99. The summed E-state index contributed by atoms with van der Waals surface area (Å²) < 4.78 is 11.9. The number of nitrogens with zero attached hydrogens (tertiary/aromatic N) is 1. The van der Waals surface area contributed by atoms with Crippen LogP contribution in [-0.4, -0.2) is 30.0 Å². The van der Waals surface area contributed by atoms with Crippen LogP contribution in [0.25, 0.3) is 11.1 Å². The maximum Gasteiger partial charge on any atom is 0.419 e. The van der Waals surface area contributed by atoms with Gasteiger partial charge in [-0.2, -0.15) is 0 Å². The monoisotopic (exact) mass is 369 g/mol. The number of ether oxygens (including phenoxy) is 1. The molecular formula is C19H19N3O5. The van der Waals surface area contributed by atoms with E-state index in [9.17, 15) is 14.4 Å². The van der Waals surface area contributed by atoms with Gasteiger partial charge in [0.25, 0.3) is 5.91 Å². The quantitative estimate of drug-likeness (QED) is 0.660. The highest BCUT2D eigenvalue weighted by atomic mass is 16.5. The summed E-state index contributed by atoms with van der Waals surface area (Å²) in [5.41, 5.74) is 1.68. The number of amides is 2. The van der Waals surface area contributed by atoms with E-state index in [0.717, 1.165) is 0 Å². The molecule has 0 saturated carbocycles. The molecule has 1 aromatic heterocycles. The summed E-state index contributed by atoms with van der Waals surface area (Å²) in [5.74, 6) is -0.528. The molecule has 0 saturated heterocycles. The lowest BCUT2D eigenvalue weighted by atomic mass is 10.3. The van der Waals surface area contributed by atoms with Crippen molar-refractivity contribution >= 4 is 28.6 Å². The van der Waals surface area contributed by atoms with Gasteiger partial charge in [0.2, 0.25) is 5.91 Å². The molecule has 2 N–H and O–H groups in total. The summed E-state index contributed by atoms with van der Waals surface area (Å²) in [5, 5.41) is 5.21. The van der Waals surface area contributed by atoms with Crippen LogP contribution < -0.4 is 21.1 Å². The van der Waals surface area contributed by atoms with Gasteiger partial charge in [-0.1, -0.05) is 18.2 Å². The first kappa shape index (κ1) is 18.2. The van der Waals surface area contributed by atoms with E-state index in [4.69, 9.17) is 9.15 Å². The molecule has 0 fully saturated rings. The number of aryl methyl sites for hydroxylation is 1. The number of carbonyl (C=O) groups excluding carboxylic acids is 2. The molecule has 140 valence electrons. The third-order valence-corrected chi connectivity index (χ3v) is 3.90. The number of hydrogen-bond acceptors (Lipinski definition) is 5. The van der Waals surface area contributed by atoms with Gasteiger partial charge in [-0.15, -0.1) is 0 Å². The normalized spacial score (nSPS) is 10.6. The lowest BCUT2D eigenvalue weighted by molar-refractivity contribution is -0.122. The van der Waals surface area contributed by atoms with E-state index in [1.165, 1.54) is 11.6 Å². The first-order chi connectivity index (χ1) is 13.1. The van der Waals surface area contributed by atoms with Crippen molar-refractivity contribution in [2.45, 2.75) is 13.0 Å². The van der Waals surface area contributed by atoms with Crippen molar-refractivity contribution in [1.29, 1.82) is 0 Å². The fourth-order valence-electron chi connectivity index (χ4n) is 2.55. The van der Waals surface area contributed by atoms with E-state index < -0.39 is 5.76 Å². The van der Waals surface area contributed by atoms with E-state index in [1.807, 2.05) is 0 Å². The third kappa shape index (κ3) is 4.55. The number of nitrogens with one attached hydrogen (secondary N) is 2. The Labute approximate surface area is 154 Å². The van der Waals surface area contributed by atoms with Crippen LogP contribution in [-0.2, 0) is 16.1 Å². The maximum atomic E-state index is 12.2. The number of carbonyl (C=O) groups is 2. The third-order valence-electron chi connectivity index (χ3n) is 3.90. The Morgan fingerprint density at radius 2 is 1.93 bits per heavy atom. The minimum atomic E-state index is -0.492. The van der Waals surface area contributed by atoms with Crippen LogP contribution >= 0.6 is 0 Å². The lowest BCUT2D eigenvalue weighted by Crippen LogP contribution is -2.24. The second-order valence-corrected chi connectivity index (χ2v) is 5.78. The summed E-state index contributed by atoms with van der Waals surface area (Å²) in [7, 11) is 1.52. The number of oxazole rings is 1. The highest BCUT2D eigenvalue weighted by molar-refractivity contribution is 5.91. The van der Waals surface area contributed by atoms with E-state index >= 15 is 0 Å². The zero-order valence-electron chi connectivity index (χ0n) is 14.7. The van der Waals surface area contributed by atoms with E-state index in [1.54, 1.807) is 48.5 Å². The number of hydrogen-bond donors (Lipinski definition) is 2. The van der Waals surface area contributed by atoms with Crippen molar-refractivity contribution < 1.29 is 18.7 Å². The van der Waals surface area contributed by atoms with Crippen molar-refractivity contribution in [3.05, 3.63) is 59.1 Å². The molecule has 27 heavy (non-hydrogen) atoms. The highest BCUT2D eigenvalue weighted by Crippen LogP contribution is 2.18. The number of anilines is 1. The minimum Gasteiger partial charge on any atom is -0.484 e. The lowest BCUT2D eigenvalue weighted by Gasteiger charge is -2.09. The van der Waals surface area contributed by atoms with Gasteiger partial charge >= 0.3 is 5.76 Å². The molecule has 0 spiro atoms. The molecule has 2 aromatic carbocycles. The average molecular weight is 369 g/mol. The highest BCUT2D eigenvalue weighted by Gasteiger charge is 2.11. The van der Waals surface area contributed by atoms with Crippen LogP contribution in [0, 0.1) is 0 Å². The Hall–Kier alpha value is -3.55. The predicted octanol–water partition coefficient (Wildman–Crippen LogP) is 1.75. The summed E-state index contributed by atoms with van der Waals surface area (Å²) in [4.78, 5) is 35.4. The van der Waals surface area contributed by atoms with Gasteiger partial charge in [-0.3, -0.25) is 14.2 Å². The molecule has 0 bridgehead atoms. The van der Waals surface area contributed by atoms with Crippen molar-refractivity contribution in [1.82, 2.24) is 9.88 Å². The first-order valence-corrected chi connectivity index (χ1v) is 8.38. The van der Waals surface area contributed by atoms with Gasteiger partial charge in [0.1, 0.15) is 5.75 Å². The number of benzene rings is 2. The van der Waals surface area contributed by atoms with Gasteiger partial charge in [0.05, 0.1) is 5.52 Å². The molecular weight excluding hydrogens is 350 g/mol. The number of aromatic nitrogens is 1. The van der Waals surface area contributed by atoms with Gasteiger partial charge in [0.15, 0.2) is 12.2 Å². The predicted molar refractivity (Wildman–Crippen MR) is 99.7 cm³/mol. The zero-order chi connectivity index (χ0) is 19.2. The molecule has 0 radical (unpaired) electrons. The van der Waals surface area contributed by atoms with Gasteiger partial charge in [-0.25, -0.2) is 4.79 Å². The molecule has 1 heterocycles.